The molecule has 4 aromatic rings. The summed E-state index contributed by atoms with van der Waals surface area (Å²) in [5.41, 5.74) is 6.65. The van der Waals surface area contributed by atoms with Crippen LogP contribution in [0.1, 0.15) is 5.56 Å². The van der Waals surface area contributed by atoms with Gasteiger partial charge in [-0.3, -0.25) is 5.43 Å². The summed E-state index contributed by atoms with van der Waals surface area (Å²) < 4.78 is 42.7. The highest BCUT2D eigenvalue weighted by molar-refractivity contribution is 7.80. The van der Waals surface area contributed by atoms with Crippen molar-refractivity contribution in [3.63, 3.8) is 0 Å². The minimum atomic E-state index is -4.72. The zero-order valence-electron chi connectivity index (χ0n) is 18.3. The number of halogens is 5. The highest BCUT2D eigenvalue weighted by Gasteiger charge is 2.30. The number of hydrogen-bond donors (Lipinski definition) is 2. The first-order valence-corrected chi connectivity index (χ1v) is 11.5. The number of aromatic nitrogens is 1. The first-order chi connectivity index (χ1) is 17.2. The highest BCUT2D eigenvalue weighted by Crippen LogP contribution is 2.30. The van der Waals surface area contributed by atoms with Crippen LogP contribution in [0.25, 0.3) is 16.8 Å². The van der Waals surface area contributed by atoms with Gasteiger partial charge in [0.15, 0.2) is 5.11 Å². The number of nitrogens with zero attached hydrogens (tertiary/aromatic N) is 2. The van der Waals surface area contributed by atoms with Crippen LogP contribution in [-0.2, 0) is 0 Å². The van der Waals surface area contributed by atoms with Gasteiger partial charge in [0.2, 0.25) is 0 Å². The molecular formula is C25H17Cl2F3N4OS. The van der Waals surface area contributed by atoms with Crippen LogP contribution < -0.4 is 15.5 Å². The second kappa shape index (κ2) is 11.0. The van der Waals surface area contributed by atoms with Gasteiger partial charge in [0.05, 0.1) is 21.9 Å². The smallest absolute Gasteiger partial charge is 0.406 e. The second-order valence-electron chi connectivity index (χ2n) is 7.39. The first-order valence-electron chi connectivity index (χ1n) is 10.4. The third-order valence-electron chi connectivity index (χ3n) is 4.89. The summed E-state index contributed by atoms with van der Waals surface area (Å²) in [6, 6.07) is 20.3. The molecule has 3 aromatic carbocycles. The topological polar surface area (TPSA) is 50.6 Å². The van der Waals surface area contributed by atoms with Crippen LogP contribution in [-0.4, -0.2) is 22.3 Å². The summed E-state index contributed by atoms with van der Waals surface area (Å²) in [4.78, 5) is 0. The van der Waals surface area contributed by atoms with E-state index in [9.17, 15) is 13.2 Å². The lowest BCUT2D eigenvalue weighted by Crippen LogP contribution is -2.24. The van der Waals surface area contributed by atoms with Gasteiger partial charge in [0, 0.05) is 18.1 Å². The highest BCUT2D eigenvalue weighted by atomic mass is 35.5. The quantitative estimate of drug-likeness (QED) is 0.147. The van der Waals surface area contributed by atoms with Crippen LogP contribution in [0.15, 0.2) is 90.3 Å². The zero-order valence-corrected chi connectivity index (χ0v) is 20.6. The molecule has 1 aromatic heterocycles. The van der Waals surface area contributed by atoms with Gasteiger partial charge in [-0.1, -0.05) is 53.5 Å². The van der Waals surface area contributed by atoms with Gasteiger partial charge in [-0.15, -0.1) is 13.2 Å². The van der Waals surface area contributed by atoms with Crippen molar-refractivity contribution in [2.45, 2.75) is 6.36 Å². The lowest BCUT2D eigenvalue weighted by molar-refractivity contribution is -0.274. The third-order valence-corrected chi connectivity index (χ3v) is 5.71. The molecule has 0 radical (unpaired) electrons. The molecule has 184 valence electrons. The molecule has 0 unspecified atom stereocenters. The molecule has 0 atom stereocenters. The Hall–Kier alpha value is -3.53. The molecule has 0 fully saturated rings. The Morgan fingerprint density at radius 1 is 0.917 bits per heavy atom. The molecule has 5 nitrogen and oxygen atoms in total. The number of nitrogens with one attached hydrogen (secondary N) is 2. The van der Waals surface area contributed by atoms with Gasteiger partial charge in [-0.2, -0.15) is 5.10 Å². The fourth-order valence-corrected chi connectivity index (χ4v) is 3.88. The van der Waals surface area contributed by atoms with E-state index in [2.05, 4.69) is 20.6 Å². The molecule has 0 saturated heterocycles. The van der Waals surface area contributed by atoms with Gasteiger partial charge in [0.25, 0.3) is 0 Å². The maximum atomic E-state index is 12.3. The van der Waals surface area contributed by atoms with Gasteiger partial charge in [-0.25, -0.2) is 0 Å². The van der Waals surface area contributed by atoms with Crippen LogP contribution >= 0.6 is 35.4 Å². The van der Waals surface area contributed by atoms with Crippen molar-refractivity contribution < 1.29 is 17.9 Å². The molecule has 1 heterocycles. The van der Waals surface area contributed by atoms with E-state index in [-0.39, 0.29) is 10.9 Å². The van der Waals surface area contributed by atoms with E-state index in [0.717, 1.165) is 16.7 Å². The average molecular weight is 549 g/mol. The number of rotatable bonds is 6. The Balaban J connectivity index is 1.36. The Morgan fingerprint density at radius 3 is 2.22 bits per heavy atom. The molecule has 0 spiro atoms. The molecule has 0 aliphatic rings. The molecule has 11 heteroatoms. The molecule has 0 amide bonds. The summed E-state index contributed by atoms with van der Waals surface area (Å²) in [5.74, 6) is -0.269. The van der Waals surface area contributed by atoms with Crippen molar-refractivity contribution in [3.05, 3.63) is 101 Å². The number of hydrazone groups is 1. The Bertz CT molecular complexity index is 1370. The van der Waals surface area contributed by atoms with E-state index in [1.54, 1.807) is 36.5 Å². The molecule has 2 N–H and O–H groups in total. The standard InChI is InChI=1S/C25H17Cl2F3N4OS/c26-21-2-1-3-22(27)23(21)32-24(36)33-31-14-16-4-6-17(7-5-16)18-12-13-34(15-18)19-8-10-20(11-9-19)35-25(28,29)30/h1-15H,(H2,32,33,36)/b31-14+. The van der Waals surface area contributed by atoms with E-state index in [4.69, 9.17) is 35.4 Å². The van der Waals surface area contributed by atoms with Crippen LogP contribution in [0, 0.1) is 0 Å². The maximum absolute atomic E-state index is 12.3. The van der Waals surface area contributed by atoms with Crippen molar-refractivity contribution >= 4 is 52.4 Å². The number of thiocarbonyl (C=S) groups is 1. The Morgan fingerprint density at radius 2 is 1.58 bits per heavy atom. The second-order valence-corrected chi connectivity index (χ2v) is 8.61. The van der Waals surface area contributed by atoms with E-state index in [1.807, 2.05) is 47.3 Å². The molecule has 4 rings (SSSR count). The predicted molar refractivity (Wildman–Crippen MR) is 141 cm³/mol. The van der Waals surface area contributed by atoms with Crippen molar-refractivity contribution in [1.29, 1.82) is 0 Å². The fourth-order valence-electron chi connectivity index (χ4n) is 3.23. The Kier molecular flexibility index (Phi) is 7.83. The number of ether oxygens (including phenoxy) is 1. The summed E-state index contributed by atoms with van der Waals surface area (Å²) >= 11 is 17.4. The molecule has 0 aliphatic carbocycles. The number of benzene rings is 3. The van der Waals surface area contributed by atoms with Crippen molar-refractivity contribution in [1.82, 2.24) is 9.99 Å². The van der Waals surface area contributed by atoms with E-state index >= 15 is 0 Å². The lowest BCUT2D eigenvalue weighted by atomic mass is 10.1. The van der Waals surface area contributed by atoms with Crippen LogP contribution in [0.4, 0.5) is 18.9 Å². The average Bonchev–Trinajstić information content (AvgIpc) is 3.32. The normalized spacial score (nSPS) is 11.5. The molecular weight excluding hydrogens is 532 g/mol. The SMILES string of the molecule is FC(F)(F)Oc1ccc(-n2ccc(-c3ccc(/C=N/NC(=S)Nc4c(Cl)cccc4Cl)cc3)c2)cc1. The van der Waals surface area contributed by atoms with Crippen molar-refractivity contribution in [3.8, 4) is 22.6 Å². The molecule has 0 bridgehead atoms. The minimum Gasteiger partial charge on any atom is -0.406 e. The first kappa shape index (κ1) is 25.6. The zero-order chi connectivity index (χ0) is 25.7. The van der Waals surface area contributed by atoms with Crippen molar-refractivity contribution in [2.24, 2.45) is 5.10 Å². The number of hydrogen-bond acceptors (Lipinski definition) is 3. The Labute approximate surface area is 220 Å². The maximum Gasteiger partial charge on any atom is 0.573 e. The molecule has 0 aliphatic heterocycles. The van der Waals surface area contributed by atoms with Crippen LogP contribution in [0.3, 0.4) is 0 Å². The van der Waals surface area contributed by atoms with Gasteiger partial charge in [-0.05, 0) is 71.4 Å². The monoisotopic (exact) mass is 548 g/mol. The molecule has 0 saturated carbocycles. The number of para-hydroxylation sites is 1. The van der Waals surface area contributed by atoms with E-state index in [1.165, 1.54) is 12.1 Å². The summed E-state index contributed by atoms with van der Waals surface area (Å²) in [5, 5.41) is 8.14. The fraction of sp³-hybridized carbons (Fsp3) is 0.0400. The van der Waals surface area contributed by atoms with Gasteiger partial charge < -0.3 is 14.6 Å². The van der Waals surface area contributed by atoms with Gasteiger partial charge in [0.1, 0.15) is 5.75 Å². The van der Waals surface area contributed by atoms with Crippen LogP contribution in [0.2, 0.25) is 10.0 Å². The third kappa shape index (κ3) is 6.78. The van der Waals surface area contributed by atoms with E-state index < -0.39 is 6.36 Å². The predicted octanol–water partition coefficient (Wildman–Crippen LogP) is 7.67. The van der Waals surface area contributed by atoms with Crippen molar-refractivity contribution in [2.75, 3.05) is 5.32 Å². The molecule has 36 heavy (non-hydrogen) atoms. The number of anilines is 1. The summed E-state index contributed by atoms with van der Waals surface area (Å²) in [6.45, 7) is 0. The largest absolute Gasteiger partial charge is 0.573 e. The lowest BCUT2D eigenvalue weighted by Gasteiger charge is -2.10. The summed E-state index contributed by atoms with van der Waals surface area (Å²) in [6.07, 6.45) is 0.603. The van der Waals surface area contributed by atoms with Crippen LogP contribution in [0.5, 0.6) is 5.75 Å². The summed E-state index contributed by atoms with van der Waals surface area (Å²) in [7, 11) is 0. The minimum absolute atomic E-state index is 0.234. The van der Waals surface area contributed by atoms with E-state index in [0.29, 0.717) is 21.4 Å². The number of alkyl halides is 3. The van der Waals surface area contributed by atoms with Gasteiger partial charge >= 0.3 is 6.36 Å².